The number of likely N-dealkylation sites (tertiary alicyclic amines) is 1. The zero-order valence-corrected chi connectivity index (χ0v) is 14.2. The Balaban J connectivity index is 1.79. The van der Waals surface area contributed by atoms with Gasteiger partial charge in [0.15, 0.2) is 0 Å². The highest BCUT2D eigenvalue weighted by atomic mass is 16.5. The number of carboxylic acid groups (broad SMARTS) is 1. The van der Waals surface area contributed by atoms with Gasteiger partial charge >= 0.3 is 6.03 Å². The second-order valence-electron chi connectivity index (χ2n) is 6.59. The summed E-state index contributed by atoms with van der Waals surface area (Å²) in [5.41, 5.74) is 1.87. The molecular weight excluding hydrogens is 308 g/mol. The topological polar surface area (TPSA) is 72.9 Å². The number of hydrogen-bond acceptors (Lipinski definition) is 4. The second kappa shape index (κ2) is 6.71. The Morgan fingerprint density at radius 3 is 2.62 bits per heavy atom. The van der Waals surface area contributed by atoms with Crippen molar-refractivity contribution in [3.63, 3.8) is 0 Å². The van der Waals surface area contributed by atoms with Gasteiger partial charge < -0.3 is 19.5 Å². The predicted molar refractivity (Wildman–Crippen MR) is 87.9 cm³/mol. The van der Waals surface area contributed by atoms with Crippen molar-refractivity contribution in [1.82, 2.24) is 4.90 Å². The Morgan fingerprint density at radius 2 is 2.00 bits per heavy atom. The second-order valence-corrected chi connectivity index (χ2v) is 6.59. The number of hydrogen-bond donors (Lipinski definition) is 0. The lowest BCUT2D eigenvalue weighted by molar-refractivity contribution is -0.312. The lowest BCUT2D eigenvalue weighted by Crippen LogP contribution is -2.52. The summed E-state index contributed by atoms with van der Waals surface area (Å²) in [6.45, 7) is 5.45. The highest BCUT2D eigenvalue weighted by molar-refractivity contribution is 5.94. The van der Waals surface area contributed by atoms with E-state index in [1.54, 1.807) is 9.80 Å². The molecule has 2 aliphatic heterocycles. The van der Waals surface area contributed by atoms with Crippen molar-refractivity contribution in [1.29, 1.82) is 0 Å². The van der Waals surface area contributed by atoms with Gasteiger partial charge in [-0.1, -0.05) is 13.0 Å². The van der Waals surface area contributed by atoms with Gasteiger partial charge in [-0.25, -0.2) is 4.79 Å². The summed E-state index contributed by atoms with van der Waals surface area (Å²) in [5, 5.41) is 11.0. The molecule has 2 heterocycles. The summed E-state index contributed by atoms with van der Waals surface area (Å²) in [4.78, 5) is 27.5. The Labute approximate surface area is 142 Å². The Hall–Kier alpha value is -2.24. The number of carbonyl (C=O) groups is 2. The zero-order valence-electron chi connectivity index (χ0n) is 14.2. The molecule has 1 saturated heterocycles. The number of amides is 2. The molecule has 1 atom stereocenters. The van der Waals surface area contributed by atoms with Crippen molar-refractivity contribution in [2.75, 3.05) is 24.5 Å². The Morgan fingerprint density at radius 1 is 1.29 bits per heavy atom. The molecule has 0 N–H and O–H groups in total. The maximum Gasteiger partial charge on any atom is 0.324 e. The fourth-order valence-electron chi connectivity index (χ4n) is 3.33. The van der Waals surface area contributed by atoms with E-state index in [9.17, 15) is 14.7 Å². The molecule has 2 aliphatic rings. The van der Waals surface area contributed by atoms with Crippen LogP contribution in [-0.2, 0) is 4.79 Å². The summed E-state index contributed by atoms with van der Waals surface area (Å²) < 4.78 is 5.95. The number of carbonyl (C=O) groups excluding carboxylic acids is 2. The minimum Gasteiger partial charge on any atom is -0.550 e. The van der Waals surface area contributed by atoms with Crippen LogP contribution in [0.5, 0.6) is 5.75 Å². The van der Waals surface area contributed by atoms with Crippen LogP contribution in [0.1, 0.15) is 31.7 Å². The fourth-order valence-corrected chi connectivity index (χ4v) is 3.33. The first-order valence-corrected chi connectivity index (χ1v) is 8.54. The van der Waals surface area contributed by atoms with E-state index in [4.69, 9.17) is 4.74 Å². The van der Waals surface area contributed by atoms with Crippen molar-refractivity contribution in [2.24, 2.45) is 5.92 Å². The van der Waals surface area contributed by atoms with Crippen molar-refractivity contribution >= 4 is 17.7 Å². The van der Waals surface area contributed by atoms with E-state index >= 15 is 0 Å². The van der Waals surface area contributed by atoms with Gasteiger partial charge in [-0.05, 0) is 43.9 Å². The van der Waals surface area contributed by atoms with Crippen LogP contribution in [0.3, 0.4) is 0 Å². The molecule has 0 bridgehead atoms. The van der Waals surface area contributed by atoms with Crippen LogP contribution in [0.15, 0.2) is 18.2 Å². The van der Waals surface area contributed by atoms with E-state index in [-0.39, 0.29) is 12.1 Å². The summed E-state index contributed by atoms with van der Waals surface area (Å²) >= 11 is 0. The molecule has 130 valence electrons. The van der Waals surface area contributed by atoms with E-state index < -0.39 is 11.9 Å². The van der Waals surface area contributed by atoms with Crippen LogP contribution in [0.25, 0.3) is 0 Å². The molecule has 1 aromatic rings. The van der Waals surface area contributed by atoms with E-state index in [2.05, 4.69) is 0 Å². The van der Waals surface area contributed by atoms with E-state index in [1.165, 1.54) is 0 Å². The highest BCUT2D eigenvalue weighted by Gasteiger charge is 2.33. The third kappa shape index (κ3) is 3.18. The number of fused-ring (bicyclic) bond motifs is 1. The average Bonchev–Trinajstić information content (AvgIpc) is 2.60. The van der Waals surface area contributed by atoms with Crippen molar-refractivity contribution in [3.05, 3.63) is 23.8 Å². The first kappa shape index (κ1) is 16.6. The van der Waals surface area contributed by atoms with Crippen LogP contribution < -0.4 is 14.7 Å². The molecule has 0 radical (unpaired) electrons. The summed E-state index contributed by atoms with van der Waals surface area (Å²) in [5.74, 6) is -0.728. The number of aryl methyl sites for hydroxylation is 1. The molecule has 0 aliphatic carbocycles. The van der Waals surface area contributed by atoms with E-state index in [1.807, 2.05) is 32.0 Å². The van der Waals surface area contributed by atoms with Crippen LogP contribution in [0.4, 0.5) is 10.5 Å². The number of benzene rings is 1. The number of anilines is 1. The molecule has 3 rings (SSSR count). The third-order valence-corrected chi connectivity index (χ3v) is 4.87. The van der Waals surface area contributed by atoms with Gasteiger partial charge in [0.2, 0.25) is 0 Å². The van der Waals surface area contributed by atoms with Gasteiger partial charge in [-0.2, -0.15) is 0 Å². The minimum absolute atomic E-state index is 0.0232. The van der Waals surface area contributed by atoms with Gasteiger partial charge in [0.05, 0.1) is 12.2 Å². The molecule has 6 nitrogen and oxygen atoms in total. The number of carboxylic acids is 1. The molecule has 0 saturated carbocycles. The fraction of sp³-hybridized carbons (Fsp3) is 0.556. The number of aliphatic carboxylic acids is 1. The lowest BCUT2D eigenvalue weighted by atomic mass is 9.97. The molecule has 6 heteroatoms. The first-order chi connectivity index (χ1) is 11.5. The molecule has 0 aromatic heterocycles. The average molecular weight is 331 g/mol. The maximum absolute atomic E-state index is 13.0. The number of ether oxygens (including phenoxy) is 1. The van der Waals surface area contributed by atoms with Crippen LogP contribution in [0, 0.1) is 12.8 Å². The quantitative estimate of drug-likeness (QED) is 0.824. The third-order valence-electron chi connectivity index (χ3n) is 4.87. The zero-order chi connectivity index (χ0) is 17.3. The van der Waals surface area contributed by atoms with Crippen molar-refractivity contribution < 1.29 is 19.4 Å². The summed E-state index contributed by atoms with van der Waals surface area (Å²) in [7, 11) is 0. The molecule has 2 amide bonds. The van der Waals surface area contributed by atoms with Gasteiger partial charge in [-0.3, -0.25) is 4.90 Å². The predicted octanol–water partition coefficient (Wildman–Crippen LogP) is 1.55. The normalized spacial score (nSPS) is 21.2. The smallest absolute Gasteiger partial charge is 0.324 e. The first-order valence-electron chi connectivity index (χ1n) is 8.54. The minimum atomic E-state index is -1.01. The van der Waals surface area contributed by atoms with Crippen LogP contribution in [-0.4, -0.2) is 42.6 Å². The van der Waals surface area contributed by atoms with Crippen molar-refractivity contribution in [3.8, 4) is 5.75 Å². The molecule has 1 fully saturated rings. The van der Waals surface area contributed by atoms with Gasteiger partial charge in [0.25, 0.3) is 0 Å². The molecule has 1 aromatic carbocycles. The standard InChI is InChI=1S/C18H24N2O4/c1-3-14-11-20(15-10-12(2)4-5-16(15)24-14)18(23)19-8-6-13(7-9-19)17(21)22/h4-5,10,13-14H,3,6-9,11H2,1-2H3,(H,21,22)/p-1. The van der Waals surface area contributed by atoms with Crippen LogP contribution >= 0.6 is 0 Å². The van der Waals surface area contributed by atoms with E-state index in [0.29, 0.717) is 32.5 Å². The van der Waals surface area contributed by atoms with Gasteiger partial charge in [-0.15, -0.1) is 0 Å². The highest BCUT2D eigenvalue weighted by Crippen LogP contribution is 2.36. The number of rotatable bonds is 2. The summed E-state index contributed by atoms with van der Waals surface area (Å²) in [6.07, 6.45) is 1.71. The Bertz CT molecular complexity index is 638. The number of urea groups is 1. The lowest BCUT2D eigenvalue weighted by Gasteiger charge is -2.40. The SMILES string of the molecule is CCC1CN(C(=O)N2CCC(C(=O)[O-])CC2)c2cc(C)ccc2O1. The molecule has 1 unspecified atom stereocenters. The molecule has 0 spiro atoms. The molecule has 24 heavy (non-hydrogen) atoms. The number of nitrogens with zero attached hydrogens (tertiary/aromatic N) is 2. The van der Waals surface area contributed by atoms with E-state index in [0.717, 1.165) is 23.4 Å². The maximum atomic E-state index is 13.0. The van der Waals surface area contributed by atoms with Crippen LogP contribution in [0.2, 0.25) is 0 Å². The largest absolute Gasteiger partial charge is 0.550 e. The van der Waals surface area contributed by atoms with Gasteiger partial charge in [0, 0.05) is 25.0 Å². The summed E-state index contributed by atoms with van der Waals surface area (Å²) in [6, 6.07) is 5.79. The van der Waals surface area contributed by atoms with Crippen molar-refractivity contribution in [2.45, 2.75) is 39.2 Å². The monoisotopic (exact) mass is 331 g/mol. The van der Waals surface area contributed by atoms with Gasteiger partial charge in [0.1, 0.15) is 11.9 Å². The Kier molecular flexibility index (Phi) is 4.64. The number of piperidine rings is 1. The molecular formula is C18H23N2O4-.